The van der Waals surface area contributed by atoms with Crippen LogP contribution < -0.4 is 15.5 Å². The van der Waals surface area contributed by atoms with Crippen LogP contribution in [0, 0.1) is 5.82 Å². The van der Waals surface area contributed by atoms with Crippen molar-refractivity contribution in [2.45, 2.75) is 25.6 Å². The van der Waals surface area contributed by atoms with Gasteiger partial charge in [0.2, 0.25) is 0 Å². The summed E-state index contributed by atoms with van der Waals surface area (Å²) in [6, 6.07) is 13.3. The number of benzene rings is 2. The lowest BCUT2D eigenvalue weighted by atomic mass is 10.2. The maximum absolute atomic E-state index is 13.6. The molecule has 0 unspecified atom stereocenters. The molecule has 1 atom stereocenters. The van der Waals surface area contributed by atoms with Gasteiger partial charge in [-0.25, -0.2) is 9.82 Å². The minimum atomic E-state index is -0.843. The highest BCUT2D eigenvalue weighted by Gasteiger charge is 2.18. The van der Waals surface area contributed by atoms with Crippen LogP contribution in [-0.2, 0) is 20.9 Å². The fourth-order valence-electron chi connectivity index (χ4n) is 2.74. The van der Waals surface area contributed by atoms with Crippen molar-refractivity contribution in [3.8, 4) is 5.75 Å². The maximum atomic E-state index is 13.6. The minimum absolute atomic E-state index is 0.0330. The fourth-order valence-corrected chi connectivity index (χ4v) is 2.74. The molecule has 0 bridgehead atoms. The van der Waals surface area contributed by atoms with Gasteiger partial charge in [-0.15, -0.1) is 0 Å². The van der Waals surface area contributed by atoms with E-state index in [0.29, 0.717) is 30.0 Å². The third-order valence-corrected chi connectivity index (χ3v) is 4.33. The molecule has 2 aromatic carbocycles. The Morgan fingerprint density at radius 3 is 2.69 bits per heavy atom. The Hall–Kier alpha value is -3.26. The highest BCUT2D eigenvalue weighted by molar-refractivity contribution is 6.35. The van der Waals surface area contributed by atoms with E-state index in [-0.39, 0.29) is 18.5 Å². The number of hydrazone groups is 1. The van der Waals surface area contributed by atoms with Crippen molar-refractivity contribution in [1.82, 2.24) is 10.7 Å². The van der Waals surface area contributed by atoms with Crippen LogP contribution in [0.3, 0.4) is 0 Å². The molecular formula is C21H22FN3O4. The topological polar surface area (TPSA) is 89.0 Å². The monoisotopic (exact) mass is 399 g/mol. The molecule has 1 aliphatic heterocycles. The summed E-state index contributed by atoms with van der Waals surface area (Å²) in [5.74, 6) is -1.34. The molecule has 0 saturated carbocycles. The first-order valence-electron chi connectivity index (χ1n) is 9.31. The van der Waals surface area contributed by atoms with Crippen molar-refractivity contribution in [2.24, 2.45) is 5.10 Å². The van der Waals surface area contributed by atoms with Gasteiger partial charge in [-0.05, 0) is 48.7 Å². The van der Waals surface area contributed by atoms with E-state index >= 15 is 0 Å². The second kappa shape index (κ2) is 10.3. The number of nitrogens with one attached hydrogen (secondary N) is 2. The molecule has 1 saturated heterocycles. The highest BCUT2D eigenvalue weighted by Crippen LogP contribution is 2.15. The molecule has 2 N–H and O–H groups in total. The fraction of sp³-hybridized carbons (Fsp3) is 0.286. The molecular weight excluding hydrogens is 377 g/mol. The Balaban J connectivity index is 1.41. The Bertz CT molecular complexity index is 864. The summed E-state index contributed by atoms with van der Waals surface area (Å²) >= 11 is 0. The first-order valence-corrected chi connectivity index (χ1v) is 9.31. The molecule has 1 fully saturated rings. The molecule has 7 nitrogen and oxygen atoms in total. The highest BCUT2D eigenvalue weighted by atomic mass is 19.1. The van der Waals surface area contributed by atoms with Gasteiger partial charge >= 0.3 is 11.8 Å². The first-order chi connectivity index (χ1) is 14.1. The van der Waals surface area contributed by atoms with Crippen LogP contribution in [0.2, 0.25) is 0 Å². The van der Waals surface area contributed by atoms with Crippen LogP contribution in [-0.4, -0.2) is 37.3 Å². The van der Waals surface area contributed by atoms with Crippen molar-refractivity contribution in [3.63, 3.8) is 0 Å². The van der Waals surface area contributed by atoms with Gasteiger partial charge in [0.05, 0.1) is 12.3 Å². The van der Waals surface area contributed by atoms with E-state index in [1.54, 1.807) is 42.5 Å². The van der Waals surface area contributed by atoms with Gasteiger partial charge in [-0.1, -0.05) is 18.2 Å². The molecule has 2 aromatic rings. The number of hydrogen-bond acceptors (Lipinski definition) is 5. The largest absolute Gasteiger partial charge is 0.489 e. The quantitative estimate of drug-likeness (QED) is 0.424. The van der Waals surface area contributed by atoms with Crippen LogP contribution in [0.25, 0.3) is 0 Å². The zero-order valence-electron chi connectivity index (χ0n) is 15.8. The number of rotatable bonds is 7. The molecule has 0 aromatic heterocycles. The summed E-state index contributed by atoms with van der Waals surface area (Å²) < 4.78 is 24.5. The molecule has 3 rings (SSSR count). The number of carbonyl (C=O) groups excluding carboxylic acids is 2. The third-order valence-electron chi connectivity index (χ3n) is 4.33. The summed E-state index contributed by atoms with van der Waals surface area (Å²) in [5.41, 5.74) is 3.35. The predicted molar refractivity (Wildman–Crippen MR) is 105 cm³/mol. The molecule has 8 heteroatoms. The number of ether oxygens (including phenoxy) is 2. The van der Waals surface area contributed by atoms with Crippen LogP contribution in [0.5, 0.6) is 5.75 Å². The third kappa shape index (κ3) is 6.39. The van der Waals surface area contributed by atoms with E-state index in [2.05, 4.69) is 15.8 Å². The van der Waals surface area contributed by atoms with E-state index < -0.39 is 11.8 Å². The van der Waals surface area contributed by atoms with Gasteiger partial charge in [0.15, 0.2) is 0 Å². The van der Waals surface area contributed by atoms with Crippen LogP contribution in [0.4, 0.5) is 4.39 Å². The van der Waals surface area contributed by atoms with E-state index in [0.717, 1.165) is 12.8 Å². The summed E-state index contributed by atoms with van der Waals surface area (Å²) in [7, 11) is 0. The zero-order chi connectivity index (χ0) is 20.5. The normalized spacial score (nSPS) is 16.0. The molecule has 0 spiro atoms. The Morgan fingerprint density at radius 1 is 1.17 bits per heavy atom. The molecule has 29 heavy (non-hydrogen) atoms. The van der Waals surface area contributed by atoms with Gasteiger partial charge in [0.25, 0.3) is 0 Å². The van der Waals surface area contributed by atoms with Gasteiger partial charge in [-0.3, -0.25) is 9.59 Å². The van der Waals surface area contributed by atoms with Gasteiger partial charge in [0, 0.05) is 18.7 Å². The maximum Gasteiger partial charge on any atom is 0.329 e. The summed E-state index contributed by atoms with van der Waals surface area (Å²) in [4.78, 5) is 23.4. The second-order valence-electron chi connectivity index (χ2n) is 6.49. The molecule has 152 valence electrons. The smallest absolute Gasteiger partial charge is 0.329 e. The van der Waals surface area contributed by atoms with Crippen molar-refractivity contribution >= 4 is 18.0 Å². The van der Waals surface area contributed by atoms with Crippen LogP contribution in [0.15, 0.2) is 53.6 Å². The van der Waals surface area contributed by atoms with E-state index in [4.69, 9.17) is 9.47 Å². The van der Waals surface area contributed by atoms with E-state index in [1.165, 1.54) is 12.3 Å². The lowest BCUT2D eigenvalue weighted by Crippen LogP contribution is -2.41. The molecule has 0 radical (unpaired) electrons. The Kier molecular flexibility index (Phi) is 7.29. The Labute approximate surface area is 167 Å². The average molecular weight is 399 g/mol. The van der Waals surface area contributed by atoms with Crippen molar-refractivity contribution < 1.29 is 23.5 Å². The SMILES string of the molecule is O=C(NC[C@H]1CCCO1)C(=O)N/N=C\c1ccc(OCc2ccccc2F)cc1. The predicted octanol–water partition coefficient (Wildman–Crippen LogP) is 2.15. The van der Waals surface area contributed by atoms with E-state index in [1.807, 2.05) is 0 Å². The average Bonchev–Trinajstić information content (AvgIpc) is 3.26. The number of amides is 2. The van der Waals surface area contributed by atoms with Crippen LogP contribution in [0.1, 0.15) is 24.0 Å². The Morgan fingerprint density at radius 2 is 1.97 bits per heavy atom. The summed E-state index contributed by atoms with van der Waals surface area (Å²) in [6.07, 6.45) is 3.21. The molecule has 1 heterocycles. The molecule has 0 aliphatic carbocycles. The summed E-state index contributed by atoms with van der Waals surface area (Å²) in [6.45, 7) is 1.12. The van der Waals surface area contributed by atoms with Crippen LogP contribution >= 0.6 is 0 Å². The van der Waals surface area contributed by atoms with E-state index in [9.17, 15) is 14.0 Å². The van der Waals surface area contributed by atoms with Gasteiger partial charge < -0.3 is 14.8 Å². The number of halogens is 1. The number of hydrogen-bond donors (Lipinski definition) is 2. The first kappa shape index (κ1) is 20.5. The van der Waals surface area contributed by atoms with Gasteiger partial charge in [-0.2, -0.15) is 5.10 Å². The van der Waals surface area contributed by atoms with Crippen molar-refractivity contribution in [3.05, 3.63) is 65.5 Å². The number of carbonyl (C=O) groups is 2. The number of nitrogens with zero attached hydrogens (tertiary/aromatic N) is 1. The second-order valence-corrected chi connectivity index (χ2v) is 6.49. The zero-order valence-corrected chi connectivity index (χ0v) is 15.8. The lowest BCUT2D eigenvalue weighted by Gasteiger charge is -2.09. The standard InChI is InChI=1S/C21H22FN3O4/c22-19-6-2-1-4-16(19)14-29-17-9-7-15(8-10-17)12-24-25-21(27)20(26)23-13-18-5-3-11-28-18/h1-2,4,6-10,12,18H,3,5,11,13-14H2,(H,23,26)(H,25,27)/b24-12-/t18-/m1/s1. The van der Waals surface area contributed by atoms with Crippen molar-refractivity contribution in [2.75, 3.05) is 13.2 Å². The minimum Gasteiger partial charge on any atom is -0.489 e. The van der Waals surface area contributed by atoms with Gasteiger partial charge in [0.1, 0.15) is 18.2 Å². The van der Waals surface area contributed by atoms with Crippen molar-refractivity contribution in [1.29, 1.82) is 0 Å². The summed E-state index contributed by atoms with van der Waals surface area (Å²) in [5, 5.41) is 6.29. The molecule has 2 amide bonds. The lowest BCUT2D eigenvalue weighted by molar-refractivity contribution is -0.139. The molecule has 1 aliphatic rings.